The van der Waals surface area contributed by atoms with Crippen LogP contribution in [-0.2, 0) is 0 Å². The highest BCUT2D eigenvalue weighted by molar-refractivity contribution is 5.95. The first-order valence-corrected chi connectivity index (χ1v) is 4.27. The number of nitrogens with zero attached hydrogens (tertiary/aromatic N) is 3. The van der Waals surface area contributed by atoms with Gasteiger partial charge in [0.05, 0.1) is 10.4 Å². The van der Waals surface area contributed by atoms with E-state index in [4.69, 9.17) is 5.73 Å². The monoisotopic (exact) mass is 204 g/mol. The maximum atomic E-state index is 10.7. The third-order valence-corrected chi connectivity index (χ3v) is 2.04. The molecular formula is C9H8N4O2. The lowest BCUT2D eigenvalue weighted by Gasteiger charge is -2.02. The summed E-state index contributed by atoms with van der Waals surface area (Å²) in [5.41, 5.74) is 6.07. The number of anilines is 1. The van der Waals surface area contributed by atoms with E-state index in [0.717, 1.165) is 0 Å². The summed E-state index contributed by atoms with van der Waals surface area (Å²) in [6.45, 7) is 1.69. The van der Waals surface area contributed by atoms with Gasteiger partial charge in [0, 0.05) is 6.07 Å². The summed E-state index contributed by atoms with van der Waals surface area (Å²) in [6, 6.07) is 4.64. The van der Waals surface area contributed by atoms with Gasteiger partial charge in [-0.3, -0.25) is 10.1 Å². The van der Waals surface area contributed by atoms with Crippen LogP contribution in [0.25, 0.3) is 10.9 Å². The molecule has 0 unspecified atom stereocenters. The van der Waals surface area contributed by atoms with Crippen molar-refractivity contribution < 1.29 is 4.92 Å². The number of hydrogen-bond acceptors (Lipinski definition) is 5. The molecule has 0 saturated carbocycles. The first-order chi connectivity index (χ1) is 7.09. The molecule has 15 heavy (non-hydrogen) atoms. The molecule has 6 heteroatoms. The number of benzene rings is 1. The Labute approximate surface area is 84.9 Å². The van der Waals surface area contributed by atoms with Crippen molar-refractivity contribution in [1.82, 2.24) is 9.97 Å². The molecule has 1 aromatic heterocycles. The van der Waals surface area contributed by atoms with Gasteiger partial charge in [0.2, 0.25) is 0 Å². The lowest BCUT2D eigenvalue weighted by molar-refractivity contribution is -0.383. The third kappa shape index (κ3) is 1.45. The average Bonchev–Trinajstić information content (AvgIpc) is 2.16. The quantitative estimate of drug-likeness (QED) is 0.560. The van der Waals surface area contributed by atoms with E-state index in [1.807, 2.05) is 0 Å². The molecule has 0 aliphatic carbocycles. The lowest BCUT2D eigenvalue weighted by atomic mass is 10.2. The normalized spacial score (nSPS) is 10.5. The van der Waals surface area contributed by atoms with Gasteiger partial charge in [0.25, 0.3) is 5.69 Å². The molecule has 2 N–H and O–H groups in total. The number of aryl methyl sites for hydroxylation is 1. The van der Waals surface area contributed by atoms with Gasteiger partial charge in [-0.05, 0) is 13.0 Å². The molecule has 0 saturated heterocycles. The van der Waals surface area contributed by atoms with Gasteiger partial charge in [-0.1, -0.05) is 6.07 Å². The van der Waals surface area contributed by atoms with Gasteiger partial charge in [0.15, 0.2) is 0 Å². The number of nitrogen functional groups attached to an aromatic ring is 1. The minimum Gasteiger partial charge on any atom is -0.383 e. The maximum absolute atomic E-state index is 10.7. The predicted molar refractivity (Wildman–Crippen MR) is 55.3 cm³/mol. The number of non-ortho nitro benzene ring substituents is 1. The van der Waals surface area contributed by atoms with Crippen LogP contribution in [0.15, 0.2) is 18.2 Å². The molecular weight excluding hydrogens is 196 g/mol. The molecule has 0 radical (unpaired) electrons. The Bertz CT molecular complexity index is 553. The highest BCUT2D eigenvalue weighted by Crippen LogP contribution is 2.27. The molecule has 1 aromatic carbocycles. The number of fused-ring (bicyclic) bond motifs is 1. The second-order valence-electron chi connectivity index (χ2n) is 3.08. The van der Waals surface area contributed by atoms with Crippen LogP contribution >= 0.6 is 0 Å². The van der Waals surface area contributed by atoms with E-state index in [1.165, 1.54) is 6.07 Å². The fourth-order valence-electron chi connectivity index (χ4n) is 1.47. The van der Waals surface area contributed by atoms with E-state index in [0.29, 0.717) is 16.7 Å². The molecule has 2 rings (SSSR count). The van der Waals surface area contributed by atoms with Crippen molar-refractivity contribution in [3.8, 4) is 0 Å². The molecule has 1 heterocycles. The van der Waals surface area contributed by atoms with Crippen LogP contribution < -0.4 is 5.73 Å². The van der Waals surface area contributed by atoms with Crippen LogP contribution in [0.3, 0.4) is 0 Å². The van der Waals surface area contributed by atoms with Crippen molar-refractivity contribution >= 4 is 22.4 Å². The van der Waals surface area contributed by atoms with Crippen LogP contribution in [0.4, 0.5) is 11.5 Å². The average molecular weight is 204 g/mol. The zero-order valence-electron chi connectivity index (χ0n) is 7.97. The van der Waals surface area contributed by atoms with Crippen molar-refractivity contribution in [2.24, 2.45) is 0 Å². The van der Waals surface area contributed by atoms with Crippen LogP contribution in [0.1, 0.15) is 5.82 Å². The molecule has 0 aliphatic rings. The molecule has 0 fully saturated rings. The summed E-state index contributed by atoms with van der Waals surface area (Å²) in [6.07, 6.45) is 0. The Morgan fingerprint density at radius 3 is 2.80 bits per heavy atom. The molecule has 0 amide bonds. The van der Waals surface area contributed by atoms with Gasteiger partial charge in [0.1, 0.15) is 17.0 Å². The minimum atomic E-state index is -0.489. The summed E-state index contributed by atoms with van der Waals surface area (Å²) in [5.74, 6) is 0.644. The van der Waals surface area contributed by atoms with Crippen molar-refractivity contribution in [2.45, 2.75) is 6.92 Å². The van der Waals surface area contributed by atoms with E-state index in [-0.39, 0.29) is 11.5 Å². The van der Waals surface area contributed by atoms with E-state index >= 15 is 0 Å². The summed E-state index contributed by atoms with van der Waals surface area (Å²) in [7, 11) is 0. The van der Waals surface area contributed by atoms with Gasteiger partial charge >= 0.3 is 0 Å². The first kappa shape index (κ1) is 9.32. The lowest BCUT2D eigenvalue weighted by Crippen LogP contribution is -2.00. The number of hydrogen-bond donors (Lipinski definition) is 1. The largest absolute Gasteiger partial charge is 0.383 e. The Hall–Kier alpha value is -2.24. The van der Waals surface area contributed by atoms with Crippen molar-refractivity contribution in [3.63, 3.8) is 0 Å². The fraction of sp³-hybridized carbons (Fsp3) is 0.111. The molecule has 76 valence electrons. The summed E-state index contributed by atoms with van der Waals surface area (Å²) in [5, 5.41) is 11.0. The third-order valence-electron chi connectivity index (χ3n) is 2.04. The number of aromatic nitrogens is 2. The Kier molecular flexibility index (Phi) is 1.96. The summed E-state index contributed by atoms with van der Waals surface area (Å²) in [4.78, 5) is 18.2. The van der Waals surface area contributed by atoms with Crippen LogP contribution in [0, 0.1) is 17.0 Å². The minimum absolute atomic E-state index is 0.0648. The Balaban J connectivity index is 2.91. The van der Waals surface area contributed by atoms with Gasteiger partial charge in [-0.15, -0.1) is 0 Å². The maximum Gasteiger partial charge on any atom is 0.282 e. The van der Waals surface area contributed by atoms with E-state index < -0.39 is 4.92 Å². The van der Waals surface area contributed by atoms with Crippen LogP contribution in [-0.4, -0.2) is 14.9 Å². The topological polar surface area (TPSA) is 94.9 Å². The first-order valence-electron chi connectivity index (χ1n) is 4.27. The fourth-order valence-corrected chi connectivity index (χ4v) is 1.47. The molecule has 0 atom stereocenters. The smallest absolute Gasteiger partial charge is 0.282 e. The Morgan fingerprint density at radius 2 is 2.13 bits per heavy atom. The number of nitrogens with two attached hydrogens (primary N) is 1. The van der Waals surface area contributed by atoms with E-state index in [1.54, 1.807) is 19.1 Å². The van der Waals surface area contributed by atoms with Gasteiger partial charge < -0.3 is 5.73 Å². The molecule has 0 bridgehead atoms. The summed E-state index contributed by atoms with van der Waals surface area (Å²) >= 11 is 0. The SMILES string of the molecule is Cc1nc(N)c2c([N+](=O)[O-])cccc2n1. The second kappa shape index (κ2) is 3.16. The zero-order valence-corrected chi connectivity index (χ0v) is 7.97. The van der Waals surface area contributed by atoms with Crippen molar-refractivity contribution in [3.05, 3.63) is 34.1 Å². The van der Waals surface area contributed by atoms with Crippen molar-refractivity contribution in [1.29, 1.82) is 0 Å². The molecule has 6 nitrogen and oxygen atoms in total. The van der Waals surface area contributed by atoms with E-state index in [9.17, 15) is 10.1 Å². The van der Waals surface area contributed by atoms with Crippen LogP contribution in [0.2, 0.25) is 0 Å². The van der Waals surface area contributed by atoms with Crippen molar-refractivity contribution in [2.75, 3.05) is 5.73 Å². The molecule has 0 spiro atoms. The second-order valence-corrected chi connectivity index (χ2v) is 3.08. The molecule has 2 aromatic rings. The highest BCUT2D eigenvalue weighted by atomic mass is 16.6. The van der Waals surface area contributed by atoms with E-state index in [2.05, 4.69) is 9.97 Å². The van der Waals surface area contributed by atoms with Crippen LogP contribution in [0.5, 0.6) is 0 Å². The number of nitro benzene ring substituents is 1. The van der Waals surface area contributed by atoms with Gasteiger partial charge in [-0.2, -0.15) is 0 Å². The zero-order chi connectivity index (χ0) is 11.0. The Morgan fingerprint density at radius 1 is 1.40 bits per heavy atom. The standard InChI is InChI=1S/C9H8N4O2/c1-5-11-6-3-2-4-7(13(14)15)8(6)9(10)12-5/h2-4H,1H3,(H2,10,11,12). The highest BCUT2D eigenvalue weighted by Gasteiger charge is 2.15. The number of nitro groups is 1. The summed E-state index contributed by atoms with van der Waals surface area (Å²) < 4.78 is 0. The van der Waals surface area contributed by atoms with Gasteiger partial charge in [-0.25, -0.2) is 9.97 Å². The number of rotatable bonds is 1. The molecule has 0 aliphatic heterocycles. The predicted octanol–water partition coefficient (Wildman–Crippen LogP) is 1.43.